The standard InChI is InChI=1S/C16H17N3O/c1-16(2,3)17-15-19-18-14(20-15)13-9-8-11-6-4-5-7-12(11)10-13/h4-10H,1-3H3,(H,17,19). The van der Waals surface area contributed by atoms with Gasteiger partial charge in [0.05, 0.1) is 0 Å². The predicted molar refractivity (Wildman–Crippen MR) is 80.6 cm³/mol. The van der Waals surface area contributed by atoms with Crippen molar-refractivity contribution in [2.75, 3.05) is 5.32 Å². The molecule has 0 radical (unpaired) electrons. The minimum absolute atomic E-state index is 0.104. The molecule has 0 atom stereocenters. The van der Waals surface area contributed by atoms with Crippen LogP contribution in [0.5, 0.6) is 0 Å². The zero-order valence-electron chi connectivity index (χ0n) is 11.8. The van der Waals surface area contributed by atoms with Gasteiger partial charge in [0.2, 0.25) is 5.89 Å². The second kappa shape index (κ2) is 4.63. The Balaban J connectivity index is 1.95. The Kier molecular flexibility index (Phi) is 2.93. The number of anilines is 1. The van der Waals surface area contributed by atoms with Gasteiger partial charge in [-0.15, -0.1) is 5.10 Å². The van der Waals surface area contributed by atoms with E-state index in [1.807, 2.05) is 39.0 Å². The summed E-state index contributed by atoms with van der Waals surface area (Å²) in [4.78, 5) is 0. The van der Waals surface area contributed by atoms with Gasteiger partial charge in [-0.3, -0.25) is 0 Å². The molecular formula is C16H17N3O. The highest BCUT2D eigenvalue weighted by Crippen LogP contribution is 2.25. The summed E-state index contributed by atoms with van der Waals surface area (Å²) in [7, 11) is 0. The summed E-state index contributed by atoms with van der Waals surface area (Å²) in [5, 5.41) is 13.7. The first kappa shape index (κ1) is 12.7. The van der Waals surface area contributed by atoms with Gasteiger partial charge in [0, 0.05) is 11.1 Å². The van der Waals surface area contributed by atoms with Crippen LogP contribution in [0.4, 0.5) is 6.01 Å². The Bertz CT molecular complexity index is 741. The molecule has 4 nitrogen and oxygen atoms in total. The molecule has 0 fully saturated rings. The number of nitrogens with one attached hydrogen (secondary N) is 1. The maximum absolute atomic E-state index is 5.66. The lowest BCUT2D eigenvalue weighted by molar-refractivity contribution is 0.538. The van der Waals surface area contributed by atoms with Gasteiger partial charge in [0.15, 0.2) is 0 Å². The van der Waals surface area contributed by atoms with Crippen molar-refractivity contribution >= 4 is 16.8 Å². The SMILES string of the molecule is CC(C)(C)Nc1nnc(-c2ccc3ccccc3c2)o1. The minimum atomic E-state index is -0.104. The van der Waals surface area contributed by atoms with E-state index in [1.54, 1.807) is 0 Å². The third kappa shape index (κ3) is 2.64. The van der Waals surface area contributed by atoms with Crippen LogP contribution in [0.3, 0.4) is 0 Å². The van der Waals surface area contributed by atoms with E-state index >= 15 is 0 Å². The number of benzene rings is 2. The largest absolute Gasteiger partial charge is 0.403 e. The molecule has 102 valence electrons. The van der Waals surface area contributed by atoms with Crippen LogP contribution >= 0.6 is 0 Å². The normalized spacial score (nSPS) is 11.8. The van der Waals surface area contributed by atoms with Crippen molar-refractivity contribution in [2.24, 2.45) is 0 Å². The molecule has 0 amide bonds. The van der Waals surface area contributed by atoms with E-state index in [-0.39, 0.29) is 5.54 Å². The van der Waals surface area contributed by atoms with Crippen LogP contribution < -0.4 is 5.32 Å². The average molecular weight is 267 g/mol. The highest BCUT2D eigenvalue weighted by Gasteiger charge is 2.15. The lowest BCUT2D eigenvalue weighted by Crippen LogP contribution is -2.26. The van der Waals surface area contributed by atoms with Gasteiger partial charge in [-0.25, -0.2) is 0 Å². The average Bonchev–Trinajstić information content (AvgIpc) is 2.84. The molecule has 0 unspecified atom stereocenters. The Morgan fingerprint density at radius 3 is 2.45 bits per heavy atom. The van der Waals surface area contributed by atoms with Crippen molar-refractivity contribution < 1.29 is 4.42 Å². The molecule has 0 aliphatic rings. The van der Waals surface area contributed by atoms with Gasteiger partial charge < -0.3 is 9.73 Å². The summed E-state index contributed by atoms with van der Waals surface area (Å²) in [6, 6.07) is 14.8. The molecule has 4 heteroatoms. The molecule has 20 heavy (non-hydrogen) atoms. The van der Waals surface area contributed by atoms with Gasteiger partial charge in [-0.05, 0) is 43.7 Å². The quantitative estimate of drug-likeness (QED) is 0.759. The first-order chi connectivity index (χ1) is 9.51. The third-order valence-corrected chi connectivity index (χ3v) is 2.90. The molecule has 0 spiro atoms. The molecule has 1 heterocycles. The van der Waals surface area contributed by atoms with Crippen LogP contribution in [0.15, 0.2) is 46.9 Å². The van der Waals surface area contributed by atoms with Gasteiger partial charge in [0.1, 0.15) is 0 Å². The lowest BCUT2D eigenvalue weighted by Gasteiger charge is -2.17. The fourth-order valence-corrected chi connectivity index (χ4v) is 2.03. The van der Waals surface area contributed by atoms with E-state index in [9.17, 15) is 0 Å². The van der Waals surface area contributed by atoms with Crippen molar-refractivity contribution in [1.82, 2.24) is 10.2 Å². The molecule has 3 rings (SSSR count). The molecule has 0 aliphatic heterocycles. The van der Waals surface area contributed by atoms with Crippen molar-refractivity contribution in [3.63, 3.8) is 0 Å². The molecule has 1 N–H and O–H groups in total. The minimum Gasteiger partial charge on any atom is -0.403 e. The fraction of sp³-hybridized carbons (Fsp3) is 0.250. The van der Waals surface area contributed by atoms with Crippen molar-refractivity contribution in [2.45, 2.75) is 26.3 Å². The maximum Gasteiger partial charge on any atom is 0.316 e. The topological polar surface area (TPSA) is 51.0 Å². The zero-order chi connectivity index (χ0) is 14.2. The molecule has 0 aliphatic carbocycles. The summed E-state index contributed by atoms with van der Waals surface area (Å²) in [5.41, 5.74) is 0.825. The van der Waals surface area contributed by atoms with E-state index in [1.165, 1.54) is 5.39 Å². The molecule has 0 bridgehead atoms. The number of aromatic nitrogens is 2. The van der Waals surface area contributed by atoms with Crippen LogP contribution in [0.1, 0.15) is 20.8 Å². The summed E-state index contributed by atoms with van der Waals surface area (Å²) >= 11 is 0. The van der Waals surface area contributed by atoms with E-state index in [0.29, 0.717) is 11.9 Å². The molecule has 2 aromatic carbocycles. The molecule has 3 aromatic rings. The van der Waals surface area contributed by atoms with Crippen molar-refractivity contribution in [3.05, 3.63) is 42.5 Å². The van der Waals surface area contributed by atoms with E-state index in [4.69, 9.17) is 4.42 Å². The van der Waals surface area contributed by atoms with Crippen molar-refractivity contribution in [1.29, 1.82) is 0 Å². The number of fused-ring (bicyclic) bond motifs is 1. The van der Waals surface area contributed by atoms with E-state index < -0.39 is 0 Å². The highest BCUT2D eigenvalue weighted by atomic mass is 16.4. The third-order valence-electron chi connectivity index (χ3n) is 2.90. The lowest BCUT2D eigenvalue weighted by atomic mass is 10.1. The number of rotatable bonds is 2. The first-order valence-electron chi connectivity index (χ1n) is 6.62. The van der Waals surface area contributed by atoms with Gasteiger partial charge in [-0.1, -0.05) is 35.4 Å². The number of hydrogen-bond donors (Lipinski definition) is 1. The summed E-state index contributed by atoms with van der Waals surface area (Å²) < 4.78 is 5.66. The maximum atomic E-state index is 5.66. The molecule has 1 aromatic heterocycles. The summed E-state index contributed by atoms with van der Waals surface area (Å²) in [6.45, 7) is 6.15. The Hall–Kier alpha value is -2.36. The Morgan fingerprint density at radius 1 is 0.950 bits per heavy atom. The molecule has 0 saturated heterocycles. The smallest absolute Gasteiger partial charge is 0.316 e. The van der Waals surface area contributed by atoms with Gasteiger partial charge >= 0.3 is 6.01 Å². The van der Waals surface area contributed by atoms with E-state index in [0.717, 1.165) is 10.9 Å². The van der Waals surface area contributed by atoms with Gasteiger partial charge in [-0.2, -0.15) is 0 Å². The van der Waals surface area contributed by atoms with E-state index in [2.05, 4.69) is 39.8 Å². The fourth-order valence-electron chi connectivity index (χ4n) is 2.03. The van der Waals surface area contributed by atoms with Crippen LogP contribution in [0.25, 0.3) is 22.2 Å². The summed E-state index contributed by atoms with van der Waals surface area (Å²) in [6.07, 6.45) is 0. The van der Waals surface area contributed by atoms with Gasteiger partial charge in [0.25, 0.3) is 0 Å². The second-order valence-corrected chi connectivity index (χ2v) is 5.85. The number of hydrogen-bond acceptors (Lipinski definition) is 4. The first-order valence-corrected chi connectivity index (χ1v) is 6.62. The summed E-state index contributed by atoms with van der Waals surface area (Å²) in [5.74, 6) is 0.530. The Labute approximate surface area is 117 Å². The van der Waals surface area contributed by atoms with Crippen LogP contribution in [0.2, 0.25) is 0 Å². The molecule has 0 saturated carbocycles. The van der Waals surface area contributed by atoms with Crippen LogP contribution in [-0.2, 0) is 0 Å². The monoisotopic (exact) mass is 267 g/mol. The second-order valence-electron chi connectivity index (χ2n) is 5.85. The van der Waals surface area contributed by atoms with Crippen LogP contribution in [-0.4, -0.2) is 15.7 Å². The van der Waals surface area contributed by atoms with Crippen molar-refractivity contribution in [3.8, 4) is 11.5 Å². The molecular weight excluding hydrogens is 250 g/mol. The number of nitrogens with zero attached hydrogens (tertiary/aromatic N) is 2. The predicted octanol–water partition coefficient (Wildman–Crippen LogP) is 4.10. The Morgan fingerprint density at radius 2 is 1.70 bits per heavy atom. The van der Waals surface area contributed by atoms with Crippen LogP contribution in [0, 0.1) is 0 Å². The zero-order valence-corrected chi connectivity index (χ0v) is 11.8. The highest BCUT2D eigenvalue weighted by molar-refractivity contribution is 5.86.